The average molecular weight is 273 g/mol. The van der Waals surface area contributed by atoms with E-state index in [1.807, 2.05) is 6.92 Å². The van der Waals surface area contributed by atoms with Crippen molar-refractivity contribution in [3.63, 3.8) is 0 Å². The van der Waals surface area contributed by atoms with Gasteiger partial charge in [-0.3, -0.25) is 10.1 Å². The number of aliphatic hydroxyl groups is 1. The van der Waals surface area contributed by atoms with E-state index in [0.29, 0.717) is 16.6 Å². The monoisotopic (exact) mass is 272 g/mol. The lowest BCUT2D eigenvalue weighted by Crippen LogP contribution is -2.06. The van der Waals surface area contributed by atoms with Crippen molar-refractivity contribution in [2.75, 3.05) is 18.5 Å². The van der Waals surface area contributed by atoms with Gasteiger partial charge < -0.3 is 10.4 Å². The van der Waals surface area contributed by atoms with E-state index in [0.717, 1.165) is 19.4 Å². The van der Waals surface area contributed by atoms with Gasteiger partial charge in [-0.25, -0.2) is 0 Å². The summed E-state index contributed by atoms with van der Waals surface area (Å²) < 4.78 is 0. The highest BCUT2D eigenvalue weighted by Crippen LogP contribution is 2.26. The minimum Gasteiger partial charge on any atom is -0.396 e. The molecule has 1 atom stereocenters. The summed E-state index contributed by atoms with van der Waals surface area (Å²) in [6.07, 6.45) is 1.84. The van der Waals surface area contributed by atoms with E-state index in [-0.39, 0.29) is 12.3 Å². The first-order chi connectivity index (χ1) is 8.54. The lowest BCUT2D eigenvalue weighted by atomic mass is 10.1. The second-order valence-electron chi connectivity index (χ2n) is 4.28. The van der Waals surface area contributed by atoms with E-state index in [9.17, 15) is 10.1 Å². The number of benzene rings is 1. The smallest absolute Gasteiger partial charge is 0.271 e. The van der Waals surface area contributed by atoms with Crippen LogP contribution in [0, 0.1) is 16.0 Å². The maximum Gasteiger partial charge on any atom is 0.271 e. The molecule has 5 nitrogen and oxygen atoms in total. The van der Waals surface area contributed by atoms with Crippen LogP contribution < -0.4 is 5.32 Å². The van der Waals surface area contributed by atoms with Crippen LogP contribution in [-0.4, -0.2) is 23.2 Å². The number of nitro benzene ring substituents is 1. The summed E-state index contributed by atoms with van der Waals surface area (Å²) in [7, 11) is 0. The van der Waals surface area contributed by atoms with Gasteiger partial charge in [0.25, 0.3) is 5.69 Å². The van der Waals surface area contributed by atoms with Gasteiger partial charge in [-0.05, 0) is 24.8 Å². The Balaban J connectivity index is 2.46. The normalized spacial score (nSPS) is 12.2. The van der Waals surface area contributed by atoms with Crippen molar-refractivity contribution in [3.8, 4) is 0 Å². The van der Waals surface area contributed by atoms with Gasteiger partial charge in [0.1, 0.15) is 0 Å². The molecular formula is C12H17ClN2O3. The molecule has 0 amide bonds. The van der Waals surface area contributed by atoms with Crippen LogP contribution in [0.5, 0.6) is 0 Å². The van der Waals surface area contributed by atoms with Gasteiger partial charge in [-0.15, -0.1) is 0 Å². The van der Waals surface area contributed by atoms with Crippen LogP contribution >= 0.6 is 11.6 Å². The summed E-state index contributed by atoms with van der Waals surface area (Å²) >= 11 is 5.94. The predicted molar refractivity (Wildman–Crippen MR) is 72.1 cm³/mol. The number of hydrogen-bond donors (Lipinski definition) is 2. The Morgan fingerprint density at radius 2 is 2.28 bits per heavy atom. The fourth-order valence-electron chi connectivity index (χ4n) is 1.53. The standard InChI is InChI=1S/C12H17ClN2O3/c1-9(8-16)3-2-6-14-12-5-4-10(15(17)18)7-11(12)13/h4-5,7,9,14,16H,2-3,6,8H2,1H3. The van der Waals surface area contributed by atoms with Crippen LogP contribution in [0.2, 0.25) is 5.02 Å². The molecular weight excluding hydrogens is 256 g/mol. The third kappa shape index (κ3) is 4.50. The van der Waals surface area contributed by atoms with E-state index in [1.165, 1.54) is 12.1 Å². The number of nitrogens with zero attached hydrogens (tertiary/aromatic N) is 1. The molecule has 1 aromatic carbocycles. The molecule has 0 aliphatic rings. The molecule has 2 N–H and O–H groups in total. The van der Waals surface area contributed by atoms with Crippen molar-refractivity contribution < 1.29 is 10.0 Å². The number of hydrogen-bond acceptors (Lipinski definition) is 4. The largest absolute Gasteiger partial charge is 0.396 e. The van der Waals surface area contributed by atoms with E-state index in [2.05, 4.69) is 5.32 Å². The molecule has 1 unspecified atom stereocenters. The summed E-state index contributed by atoms with van der Waals surface area (Å²) in [6.45, 7) is 2.90. The second kappa shape index (κ2) is 7.18. The van der Waals surface area contributed by atoms with Crippen molar-refractivity contribution in [1.29, 1.82) is 0 Å². The Morgan fingerprint density at radius 3 is 2.83 bits per heavy atom. The van der Waals surface area contributed by atoms with Crippen molar-refractivity contribution in [1.82, 2.24) is 0 Å². The topological polar surface area (TPSA) is 75.4 Å². The van der Waals surface area contributed by atoms with Gasteiger partial charge in [-0.1, -0.05) is 18.5 Å². The lowest BCUT2D eigenvalue weighted by molar-refractivity contribution is -0.384. The highest BCUT2D eigenvalue weighted by Gasteiger charge is 2.09. The third-order valence-electron chi connectivity index (χ3n) is 2.66. The maximum atomic E-state index is 10.5. The first-order valence-corrected chi connectivity index (χ1v) is 6.21. The fraction of sp³-hybridized carbons (Fsp3) is 0.500. The Bertz CT molecular complexity index is 412. The van der Waals surface area contributed by atoms with Gasteiger partial charge in [0, 0.05) is 25.3 Å². The number of rotatable bonds is 7. The average Bonchev–Trinajstić information content (AvgIpc) is 2.35. The van der Waals surface area contributed by atoms with Crippen LogP contribution in [0.1, 0.15) is 19.8 Å². The summed E-state index contributed by atoms with van der Waals surface area (Å²) in [4.78, 5) is 10.1. The van der Waals surface area contributed by atoms with Crippen molar-refractivity contribution >= 4 is 23.0 Å². The highest BCUT2D eigenvalue weighted by atomic mass is 35.5. The molecule has 0 saturated carbocycles. The number of nitrogens with one attached hydrogen (secondary N) is 1. The van der Waals surface area contributed by atoms with Crippen LogP contribution in [-0.2, 0) is 0 Å². The molecule has 0 spiro atoms. The quantitative estimate of drug-likeness (QED) is 0.454. The summed E-state index contributed by atoms with van der Waals surface area (Å²) in [5.41, 5.74) is 0.679. The SMILES string of the molecule is CC(CO)CCCNc1ccc([N+](=O)[O-])cc1Cl. The van der Waals surface area contributed by atoms with Gasteiger partial charge in [0.05, 0.1) is 15.6 Å². The van der Waals surface area contributed by atoms with Crippen LogP contribution in [0.3, 0.4) is 0 Å². The molecule has 0 heterocycles. The minimum atomic E-state index is -0.474. The van der Waals surface area contributed by atoms with Crippen molar-refractivity contribution in [2.45, 2.75) is 19.8 Å². The van der Waals surface area contributed by atoms with E-state index >= 15 is 0 Å². The Kier molecular flexibility index (Phi) is 5.88. The highest BCUT2D eigenvalue weighted by molar-refractivity contribution is 6.33. The minimum absolute atomic E-state index is 0.0144. The molecule has 1 rings (SSSR count). The van der Waals surface area contributed by atoms with E-state index < -0.39 is 4.92 Å². The van der Waals surface area contributed by atoms with Gasteiger partial charge in [-0.2, -0.15) is 0 Å². The Hall–Kier alpha value is -1.33. The fourth-order valence-corrected chi connectivity index (χ4v) is 1.77. The molecule has 0 aliphatic heterocycles. The van der Waals surface area contributed by atoms with Crippen LogP contribution in [0.15, 0.2) is 18.2 Å². The molecule has 0 saturated heterocycles. The molecule has 0 bridgehead atoms. The summed E-state index contributed by atoms with van der Waals surface area (Å²) in [5.74, 6) is 0.291. The molecule has 6 heteroatoms. The zero-order valence-corrected chi connectivity index (χ0v) is 11.0. The number of nitro groups is 1. The zero-order chi connectivity index (χ0) is 13.5. The zero-order valence-electron chi connectivity index (χ0n) is 10.2. The van der Waals surface area contributed by atoms with Gasteiger partial charge >= 0.3 is 0 Å². The van der Waals surface area contributed by atoms with Gasteiger partial charge in [0.2, 0.25) is 0 Å². The van der Waals surface area contributed by atoms with Crippen LogP contribution in [0.25, 0.3) is 0 Å². The Labute approximate surface area is 111 Å². The summed E-state index contributed by atoms with van der Waals surface area (Å²) in [5, 5.41) is 22.9. The molecule has 18 heavy (non-hydrogen) atoms. The number of non-ortho nitro benzene ring substituents is 1. The maximum absolute atomic E-state index is 10.5. The number of halogens is 1. The lowest BCUT2D eigenvalue weighted by Gasteiger charge is -2.10. The summed E-state index contributed by atoms with van der Waals surface area (Å²) in [6, 6.07) is 4.36. The van der Waals surface area contributed by atoms with Gasteiger partial charge in [0.15, 0.2) is 0 Å². The van der Waals surface area contributed by atoms with E-state index in [1.54, 1.807) is 6.07 Å². The molecule has 100 valence electrons. The number of aliphatic hydroxyl groups excluding tert-OH is 1. The molecule has 0 aliphatic carbocycles. The first-order valence-electron chi connectivity index (χ1n) is 5.83. The second-order valence-corrected chi connectivity index (χ2v) is 4.69. The molecule has 0 radical (unpaired) electrons. The molecule has 0 fully saturated rings. The van der Waals surface area contributed by atoms with Crippen LogP contribution in [0.4, 0.5) is 11.4 Å². The van der Waals surface area contributed by atoms with Crippen molar-refractivity contribution in [3.05, 3.63) is 33.3 Å². The number of anilines is 1. The third-order valence-corrected chi connectivity index (χ3v) is 2.98. The Morgan fingerprint density at radius 1 is 1.56 bits per heavy atom. The van der Waals surface area contributed by atoms with E-state index in [4.69, 9.17) is 16.7 Å². The van der Waals surface area contributed by atoms with Crippen molar-refractivity contribution in [2.24, 2.45) is 5.92 Å². The first kappa shape index (κ1) is 14.7. The molecule has 0 aromatic heterocycles. The predicted octanol–water partition coefficient (Wildman–Crippen LogP) is 3.07. The molecule has 1 aromatic rings.